The molecule has 1 N–H and O–H groups in total. The van der Waals surface area contributed by atoms with Crippen LogP contribution in [0.5, 0.6) is 0 Å². The molecule has 1 unspecified atom stereocenters. The summed E-state index contributed by atoms with van der Waals surface area (Å²) in [4.78, 5) is 13.3. The van der Waals surface area contributed by atoms with E-state index in [0.717, 1.165) is 23.1 Å². The molecular weight excluding hydrogens is 282 g/mol. The molecule has 0 amide bonds. The molecule has 0 radical (unpaired) electrons. The topological polar surface area (TPSA) is 40.5 Å². The summed E-state index contributed by atoms with van der Waals surface area (Å²) in [6.45, 7) is 4.11. The Morgan fingerprint density at radius 3 is 2.65 bits per heavy atom. The first-order valence-electron chi connectivity index (χ1n) is 5.61. The molecule has 1 aromatic carbocycles. The highest BCUT2D eigenvalue weighted by atomic mass is 79.9. The molecule has 3 nitrogen and oxygen atoms in total. The lowest BCUT2D eigenvalue weighted by Crippen LogP contribution is -2.22. The fraction of sp³-hybridized carbons (Fsp3) is 0.462. The predicted molar refractivity (Wildman–Crippen MR) is 73.7 cm³/mol. The standard InChI is InChI=1S/C13H18BrNO2/c1-9(16)6-7-15(3)13-5-4-11(10(2)17)8-12(13)14/h4-5,8-9,16H,6-7H2,1-3H3. The van der Waals surface area contributed by atoms with Crippen molar-refractivity contribution in [3.05, 3.63) is 28.2 Å². The van der Waals surface area contributed by atoms with Crippen molar-refractivity contribution >= 4 is 27.4 Å². The molecule has 1 rings (SSSR count). The third-order valence-electron chi connectivity index (χ3n) is 2.65. The maximum atomic E-state index is 11.2. The number of hydrogen-bond donors (Lipinski definition) is 1. The summed E-state index contributed by atoms with van der Waals surface area (Å²) in [6, 6.07) is 5.57. The van der Waals surface area contributed by atoms with Gasteiger partial charge in [-0.2, -0.15) is 0 Å². The number of carbonyl (C=O) groups excluding carboxylic acids is 1. The van der Waals surface area contributed by atoms with Crippen LogP contribution >= 0.6 is 15.9 Å². The van der Waals surface area contributed by atoms with E-state index in [2.05, 4.69) is 20.8 Å². The van der Waals surface area contributed by atoms with Crippen LogP contribution in [0.25, 0.3) is 0 Å². The molecule has 0 saturated heterocycles. The number of carbonyl (C=O) groups is 1. The number of hydrogen-bond acceptors (Lipinski definition) is 3. The first kappa shape index (κ1) is 14.2. The zero-order valence-corrected chi connectivity index (χ0v) is 12.0. The fourth-order valence-corrected chi connectivity index (χ4v) is 2.22. The summed E-state index contributed by atoms with van der Waals surface area (Å²) >= 11 is 3.47. The van der Waals surface area contributed by atoms with E-state index in [1.165, 1.54) is 0 Å². The number of rotatable bonds is 5. The molecule has 0 aliphatic heterocycles. The summed E-state index contributed by atoms with van der Waals surface area (Å²) in [5, 5.41) is 9.25. The average molecular weight is 300 g/mol. The Kier molecular flexibility index (Phi) is 5.15. The minimum atomic E-state index is -0.298. The molecule has 1 aromatic rings. The highest BCUT2D eigenvalue weighted by Crippen LogP contribution is 2.27. The van der Waals surface area contributed by atoms with E-state index in [1.54, 1.807) is 13.8 Å². The quantitative estimate of drug-likeness (QED) is 0.850. The molecular formula is C13H18BrNO2. The number of aliphatic hydroxyl groups is 1. The van der Waals surface area contributed by atoms with Gasteiger partial charge in [0.2, 0.25) is 0 Å². The maximum Gasteiger partial charge on any atom is 0.159 e. The van der Waals surface area contributed by atoms with Gasteiger partial charge in [-0.15, -0.1) is 0 Å². The molecule has 0 bridgehead atoms. The van der Waals surface area contributed by atoms with Gasteiger partial charge in [-0.1, -0.05) is 0 Å². The van der Waals surface area contributed by atoms with Crippen LogP contribution in [0.15, 0.2) is 22.7 Å². The Morgan fingerprint density at radius 1 is 1.53 bits per heavy atom. The van der Waals surface area contributed by atoms with Gasteiger partial charge in [0.15, 0.2) is 5.78 Å². The SMILES string of the molecule is CC(=O)c1ccc(N(C)CCC(C)O)c(Br)c1. The van der Waals surface area contributed by atoms with Gasteiger partial charge >= 0.3 is 0 Å². The van der Waals surface area contributed by atoms with Crippen molar-refractivity contribution in [3.63, 3.8) is 0 Å². The molecule has 17 heavy (non-hydrogen) atoms. The molecule has 4 heteroatoms. The number of anilines is 1. The van der Waals surface area contributed by atoms with Gasteiger partial charge in [-0.05, 0) is 54.4 Å². The number of benzene rings is 1. The van der Waals surface area contributed by atoms with E-state index in [1.807, 2.05) is 25.2 Å². The normalized spacial score (nSPS) is 12.3. The summed E-state index contributed by atoms with van der Waals surface area (Å²) in [5.41, 5.74) is 1.72. The van der Waals surface area contributed by atoms with Crippen LogP contribution in [0.3, 0.4) is 0 Å². The third kappa shape index (κ3) is 4.13. The van der Waals surface area contributed by atoms with Gasteiger partial charge in [0.25, 0.3) is 0 Å². The Hall–Kier alpha value is -0.870. The molecule has 0 saturated carbocycles. The lowest BCUT2D eigenvalue weighted by Gasteiger charge is -2.21. The minimum absolute atomic E-state index is 0.0592. The summed E-state index contributed by atoms with van der Waals surface area (Å²) in [5.74, 6) is 0.0592. The molecule has 0 aliphatic rings. The predicted octanol–water partition coefficient (Wildman–Crippen LogP) is 2.86. The second-order valence-corrected chi connectivity index (χ2v) is 5.14. The van der Waals surface area contributed by atoms with Crippen molar-refractivity contribution in [1.29, 1.82) is 0 Å². The van der Waals surface area contributed by atoms with Crippen molar-refractivity contribution < 1.29 is 9.90 Å². The highest BCUT2D eigenvalue weighted by Gasteiger charge is 2.09. The zero-order chi connectivity index (χ0) is 13.0. The van der Waals surface area contributed by atoms with Crippen LogP contribution in [0.1, 0.15) is 30.6 Å². The molecule has 0 heterocycles. The van der Waals surface area contributed by atoms with Crippen molar-refractivity contribution in [2.75, 3.05) is 18.5 Å². The molecule has 1 atom stereocenters. The van der Waals surface area contributed by atoms with Crippen LogP contribution in [0.2, 0.25) is 0 Å². The number of Topliss-reactive ketones (excluding diaryl/α,β-unsaturated/α-hetero) is 1. The summed E-state index contributed by atoms with van der Waals surface area (Å²) < 4.78 is 0.901. The van der Waals surface area contributed by atoms with Gasteiger partial charge in [-0.3, -0.25) is 4.79 Å². The Balaban J connectivity index is 2.81. The highest BCUT2D eigenvalue weighted by molar-refractivity contribution is 9.10. The van der Waals surface area contributed by atoms with Crippen LogP contribution in [0, 0.1) is 0 Å². The zero-order valence-electron chi connectivity index (χ0n) is 10.4. The first-order valence-corrected chi connectivity index (χ1v) is 6.40. The van der Waals surface area contributed by atoms with Gasteiger partial charge in [0.05, 0.1) is 11.8 Å². The van der Waals surface area contributed by atoms with Crippen molar-refractivity contribution in [2.24, 2.45) is 0 Å². The van der Waals surface area contributed by atoms with Gasteiger partial charge in [-0.25, -0.2) is 0 Å². The van der Waals surface area contributed by atoms with E-state index in [4.69, 9.17) is 0 Å². The number of ketones is 1. The summed E-state index contributed by atoms with van der Waals surface area (Å²) in [6.07, 6.45) is 0.421. The molecule has 0 fully saturated rings. The second-order valence-electron chi connectivity index (χ2n) is 4.28. The maximum absolute atomic E-state index is 11.2. The van der Waals surface area contributed by atoms with Crippen LogP contribution in [-0.2, 0) is 0 Å². The van der Waals surface area contributed by atoms with E-state index in [-0.39, 0.29) is 11.9 Å². The van der Waals surface area contributed by atoms with E-state index in [0.29, 0.717) is 5.56 Å². The van der Waals surface area contributed by atoms with E-state index < -0.39 is 0 Å². The van der Waals surface area contributed by atoms with E-state index >= 15 is 0 Å². The van der Waals surface area contributed by atoms with Gasteiger partial charge in [0.1, 0.15) is 0 Å². The Bertz CT molecular complexity index is 404. The number of aliphatic hydroxyl groups excluding tert-OH is 1. The lowest BCUT2D eigenvalue weighted by molar-refractivity contribution is 0.101. The van der Waals surface area contributed by atoms with Gasteiger partial charge < -0.3 is 10.0 Å². The smallest absolute Gasteiger partial charge is 0.159 e. The molecule has 94 valence electrons. The Labute approximate surface area is 111 Å². The van der Waals surface area contributed by atoms with Crippen LogP contribution < -0.4 is 4.90 Å². The number of halogens is 1. The molecule has 0 spiro atoms. The van der Waals surface area contributed by atoms with Gasteiger partial charge in [0, 0.05) is 23.6 Å². The Morgan fingerprint density at radius 2 is 2.18 bits per heavy atom. The fourth-order valence-electron chi connectivity index (χ4n) is 1.54. The molecule has 0 aromatic heterocycles. The molecule has 0 aliphatic carbocycles. The van der Waals surface area contributed by atoms with E-state index in [9.17, 15) is 9.90 Å². The first-order chi connectivity index (χ1) is 7.91. The largest absolute Gasteiger partial charge is 0.393 e. The number of nitrogens with zero attached hydrogens (tertiary/aromatic N) is 1. The minimum Gasteiger partial charge on any atom is -0.393 e. The summed E-state index contributed by atoms with van der Waals surface area (Å²) in [7, 11) is 1.97. The second kappa shape index (κ2) is 6.17. The monoisotopic (exact) mass is 299 g/mol. The lowest BCUT2D eigenvalue weighted by atomic mass is 10.1. The third-order valence-corrected chi connectivity index (χ3v) is 3.28. The van der Waals surface area contributed by atoms with Crippen LogP contribution in [-0.4, -0.2) is 30.6 Å². The van der Waals surface area contributed by atoms with Crippen molar-refractivity contribution in [2.45, 2.75) is 26.4 Å². The van der Waals surface area contributed by atoms with Crippen molar-refractivity contribution in [1.82, 2.24) is 0 Å². The van der Waals surface area contributed by atoms with Crippen LogP contribution in [0.4, 0.5) is 5.69 Å². The van der Waals surface area contributed by atoms with Crippen molar-refractivity contribution in [3.8, 4) is 0 Å². The average Bonchev–Trinajstić information content (AvgIpc) is 2.25.